The molecule has 3 heteroatoms. The highest BCUT2D eigenvalue weighted by atomic mass is 16.1. The van der Waals surface area contributed by atoms with Gasteiger partial charge in [0, 0.05) is 24.8 Å². The lowest BCUT2D eigenvalue weighted by atomic mass is 10.2. The lowest BCUT2D eigenvalue weighted by Crippen LogP contribution is -2.25. The van der Waals surface area contributed by atoms with E-state index in [-0.39, 0.29) is 5.91 Å². The fourth-order valence-corrected chi connectivity index (χ4v) is 1.45. The summed E-state index contributed by atoms with van der Waals surface area (Å²) in [5.74, 6) is 0.759. The van der Waals surface area contributed by atoms with Crippen LogP contribution in [0.15, 0.2) is 24.3 Å². The standard InChI is InChI=1S/C12H16N2O/c1-13-11-6-4-10(5-7-11)12(15)14-8-9-2-3-9/h4-7,9,13H,2-3,8H2,1H3,(H,14,15). The van der Waals surface area contributed by atoms with Crippen LogP contribution in [0.2, 0.25) is 0 Å². The molecule has 3 nitrogen and oxygen atoms in total. The van der Waals surface area contributed by atoms with Crippen molar-refractivity contribution in [2.75, 3.05) is 18.9 Å². The van der Waals surface area contributed by atoms with E-state index in [1.807, 2.05) is 31.3 Å². The fourth-order valence-electron chi connectivity index (χ4n) is 1.45. The monoisotopic (exact) mass is 204 g/mol. The number of benzene rings is 1. The number of carbonyl (C=O) groups is 1. The van der Waals surface area contributed by atoms with E-state index in [0.29, 0.717) is 0 Å². The molecule has 2 rings (SSSR count). The van der Waals surface area contributed by atoms with Crippen molar-refractivity contribution >= 4 is 11.6 Å². The van der Waals surface area contributed by atoms with Gasteiger partial charge in [-0.1, -0.05) is 0 Å². The molecule has 0 spiro atoms. The Kier molecular flexibility index (Phi) is 2.90. The van der Waals surface area contributed by atoms with Crippen molar-refractivity contribution in [1.82, 2.24) is 5.32 Å². The number of hydrogen-bond acceptors (Lipinski definition) is 2. The van der Waals surface area contributed by atoms with Crippen molar-refractivity contribution in [3.8, 4) is 0 Å². The van der Waals surface area contributed by atoms with Crippen LogP contribution in [0.25, 0.3) is 0 Å². The highest BCUT2D eigenvalue weighted by Gasteiger charge is 2.21. The molecule has 80 valence electrons. The second kappa shape index (κ2) is 4.34. The Morgan fingerprint density at radius 3 is 2.53 bits per heavy atom. The summed E-state index contributed by atoms with van der Waals surface area (Å²) in [5, 5.41) is 5.96. The number of carbonyl (C=O) groups excluding carboxylic acids is 1. The number of anilines is 1. The van der Waals surface area contributed by atoms with E-state index >= 15 is 0 Å². The van der Waals surface area contributed by atoms with Crippen LogP contribution >= 0.6 is 0 Å². The molecule has 15 heavy (non-hydrogen) atoms. The molecule has 0 saturated heterocycles. The molecule has 1 saturated carbocycles. The largest absolute Gasteiger partial charge is 0.388 e. The van der Waals surface area contributed by atoms with Crippen molar-refractivity contribution in [1.29, 1.82) is 0 Å². The van der Waals surface area contributed by atoms with Crippen LogP contribution < -0.4 is 10.6 Å². The maximum absolute atomic E-state index is 11.6. The Hall–Kier alpha value is -1.51. The first-order valence-electron chi connectivity index (χ1n) is 5.35. The van der Waals surface area contributed by atoms with Gasteiger partial charge in [-0.2, -0.15) is 0 Å². The number of amides is 1. The highest BCUT2D eigenvalue weighted by molar-refractivity contribution is 5.94. The van der Waals surface area contributed by atoms with Gasteiger partial charge in [0.05, 0.1) is 0 Å². The van der Waals surface area contributed by atoms with Crippen LogP contribution in [0.1, 0.15) is 23.2 Å². The van der Waals surface area contributed by atoms with Crippen LogP contribution in [0.3, 0.4) is 0 Å². The van der Waals surface area contributed by atoms with Gasteiger partial charge in [-0.05, 0) is 43.0 Å². The van der Waals surface area contributed by atoms with Crippen molar-refractivity contribution in [3.05, 3.63) is 29.8 Å². The molecular formula is C12H16N2O. The SMILES string of the molecule is CNc1ccc(C(=O)NCC2CC2)cc1. The zero-order valence-corrected chi connectivity index (χ0v) is 8.92. The molecule has 1 aromatic rings. The van der Waals surface area contributed by atoms with E-state index in [1.165, 1.54) is 12.8 Å². The van der Waals surface area contributed by atoms with Crippen molar-refractivity contribution in [2.24, 2.45) is 5.92 Å². The zero-order chi connectivity index (χ0) is 10.7. The summed E-state index contributed by atoms with van der Waals surface area (Å²) in [6, 6.07) is 7.50. The van der Waals surface area contributed by atoms with Crippen LogP contribution in [0.5, 0.6) is 0 Å². The van der Waals surface area contributed by atoms with E-state index in [4.69, 9.17) is 0 Å². The molecule has 0 unspecified atom stereocenters. The average Bonchev–Trinajstić information content (AvgIpc) is 3.10. The minimum Gasteiger partial charge on any atom is -0.388 e. The Labute approximate surface area is 89.9 Å². The third-order valence-electron chi connectivity index (χ3n) is 2.68. The molecule has 0 heterocycles. The Bertz CT molecular complexity index is 341. The van der Waals surface area contributed by atoms with Gasteiger partial charge in [0.1, 0.15) is 0 Å². The molecule has 1 fully saturated rings. The van der Waals surface area contributed by atoms with Gasteiger partial charge in [0.25, 0.3) is 5.91 Å². The lowest BCUT2D eigenvalue weighted by Gasteiger charge is -2.05. The summed E-state index contributed by atoms with van der Waals surface area (Å²) in [6.45, 7) is 0.826. The van der Waals surface area contributed by atoms with Crippen LogP contribution in [-0.4, -0.2) is 19.5 Å². The normalized spacial score (nSPS) is 14.7. The molecule has 2 N–H and O–H groups in total. The molecule has 1 aliphatic carbocycles. The van der Waals surface area contributed by atoms with Crippen LogP contribution in [0, 0.1) is 5.92 Å². The van der Waals surface area contributed by atoms with Crippen LogP contribution in [0.4, 0.5) is 5.69 Å². The van der Waals surface area contributed by atoms with Gasteiger partial charge in [-0.25, -0.2) is 0 Å². The van der Waals surface area contributed by atoms with Crippen molar-refractivity contribution in [2.45, 2.75) is 12.8 Å². The molecule has 0 bridgehead atoms. The smallest absolute Gasteiger partial charge is 0.251 e. The summed E-state index contributed by atoms with van der Waals surface area (Å²) in [7, 11) is 1.86. The summed E-state index contributed by atoms with van der Waals surface area (Å²) in [4.78, 5) is 11.6. The van der Waals surface area contributed by atoms with E-state index in [1.54, 1.807) is 0 Å². The van der Waals surface area contributed by atoms with Gasteiger partial charge in [0.2, 0.25) is 0 Å². The van der Waals surface area contributed by atoms with Gasteiger partial charge < -0.3 is 10.6 Å². The minimum absolute atomic E-state index is 0.0320. The maximum atomic E-state index is 11.6. The molecule has 0 atom stereocenters. The van der Waals surface area contributed by atoms with Gasteiger partial charge in [0.15, 0.2) is 0 Å². The molecule has 0 aromatic heterocycles. The summed E-state index contributed by atoms with van der Waals surface area (Å²) < 4.78 is 0. The number of hydrogen-bond donors (Lipinski definition) is 2. The third kappa shape index (κ3) is 2.72. The zero-order valence-electron chi connectivity index (χ0n) is 8.92. The van der Waals surface area contributed by atoms with Crippen molar-refractivity contribution in [3.63, 3.8) is 0 Å². The third-order valence-corrected chi connectivity index (χ3v) is 2.68. The molecule has 1 amide bonds. The first-order chi connectivity index (χ1) is 7.29. The molecule has 1 aromatic carbocycles. The Morgan fingerprint density at radius 1 is 1.33 bits per heavy atom. The molecular weight excluding hydrogens is 188 g/mol. The Balaban J connectivity index is 1.91. The molecule has 1 aliphatic rings. The van der Waals surface area contributed by atoms with Crippen LogP contribution in [-0.2, 0) is 0 Å². The van der Waals surface area contributed by atoms with E-state index in [2.05, 4.69) is 10.6 Å². The predicted octanol–water partition coefficient (Wildman–Crippen LogP) is 1.87. The lowest BCUT2D eigenvalue weighted by molar-refractivity contribution is 0.0952. The summed E-state index contributed by atoms with van der Waals surface area (Å²) >= 11 is 0. The van der Waals surface area contributed by atoms with E-state index < -0.39 is 0 Å². The minimum atomic E-state index is 0.0320. The van der Waals surface area contributed by atoms with E-state index in [9.17, 15) is 4.79 Å². The second-order valence-electron chi connectivity index (χ2n) is 3.98. The second-order valence-corrected chi connectivity index (χ2v) is 3.98. The number of rotatable bonds is 4. The number of nitrogens with one attached hydrogen (secondary N) is 2. The molecule has 0 aliphatic heterocycles. The highest BCUT2D eigenvalue weighted by Crippen LogP contribution is 2.27. The topological polar surface area (TPSA) is 41.1 Å². The summed E-state index contributed by atoms with van der Waals surface area (Å²) in [5.41, 5.74) is 1.75. The summed E-state index contributed by atoms with van der Waals surface area (Å²) in [6.07, 6.45) is 2.53. The first kappa shape index (κ1) is 10.0. The molecule has 0 radical (unpaired) electrons. The van der Waals surface area contributed by atoms with Gasteiger partial charge in [-0.3, -0.25) is 4.79 Å². The van der Waals surface area contributed by atoms with Crippen molar-refractivity contribution < 1.29 is 4.79 Å². The van der Waals surface area contributed by atoms with E-state index in [0.717, 1.165) is 23.7 Å². The van der Waals surface area contributed by atoms with Gasteiger partial charge >= 0.3 is 0 Å². The average molecular weight is 204 g/mol. The quantitative estimate of drug-likeness (QED) is 0.786. The van der Waals surface area contributed by atoms with Gasteiger partial charge in [-0.15, -0.1) is 0 Å². The first-order valence-corrected chi connectivity index (χ1v) is 5.35. The predicted molar refractivity (Wildman–Crippen MR) is 61.0 cm³/mol. The Morgan fingerprint density at radius 2 is 2.00 bits per heavy atom. The fraction of sp³-hybridized carbons (Fsp3) is 0.417. The maximum Gasteiger partial charge on any atom is 0.251 e.